The number of hydrogen-bond donors (Lipinski definition) is 1. The molecule has 1 saturated carbocycles. The number of nitro groups is 1. The molecule has 1 aliphatic rings. The van der Waals surface area contributed by atoms with E-state index in [1.165, 1.54) is 25.3 Å². The third-order valence-corrected chi connectivity index (χ3v) is 4.65. The average molecular weight is 336 g/mol. The van der Waals surface area contributed by atoms with Gasteiger partial charge in [-0.1, -0.05) is 26.2 Å². The highest BCUT2D eigenvalue weighted by Gasteiger charge is 2.30. The van der Waals surface area contributed by atoms with Gasteiger partial charge in [0.15, 0.2) is 0 Å². The lowest BCUT2D eigenvalue weighted by atomic mass is 9.80. The second-order valence-corrected chi connectivity index (χ2v) is 6.53. The van der Waals surface area contributed by atoms with E-state index >= 15 is 0 Å². The highest BCUT2D eigenvalue weighted by molar-refractivity contribution is 5.76. The minimum atomic E-state index is -0.855. The lowest BCUT2D eigenvalue weighted by Gasteiger charge is -2.27. The van der Waals surface area contributed by atoms with Crippen molar-refractivity contribution in [3.05, 3.63) is 32.2 Å². The smallest absolute Gasteiger partial charge is 0.376 e. The van der Waals surface area contributed by atoms with Gasteiger partial charge in [-0.2, -0.15) is 0 Å². The molecule has 0 bridgehead atoms. The molecular weight excluding hydrogens is 312 g/mol. The van der Waals surface area contributed by atoms with Crippen molar-refractivity contribution in [2.45, 2.75) is 58.8 Å². The van der Waals surface area contributed by atoms with Gasteiger partial charge in [-0.05, 0) is 38.5 Å². The topological polar surface area (TPSA) is 102 Å². The largest absolute Gasteiger partial charge is 0.419 e. The van der Waals surface area contributed by atoms with Crippen LogP contribution in [0.5, 0.6) is 5.75 Å². The second-order valence-electron chi connectivity index (χ2n) is 6.53. The molecule has 0 amide bonds. The normalized spacial score (nSPS) is 20.6. The Morgan fingerprint density at radius 3 is 2.62 bits per heavy atom. The molecule has 0 saturated heterocycles. The zero-order valence-corrected chi connectivity index (χ0v) is 14.2. The van der Waals surface area contributed by atoms with Crippen molar-refractivity contribution in [1.82, 2.24) is 4.98 Å². The van der Waals surface area contributed by atoms with Gasteiger partial charge in [0, 0.05) is 11.8 Å². The van der Waals surface area contributed by atoms with Crippen LogP contribution >= 0.6 is 0 Å². The lowest BCUT2D eigenvalue weighted by Crippen LogP contribution is -2.27. The number of carbonyl (C=O) groups excluding carboxylic acids is 1. The summed E-state index contributed by atoms with van der Waals surface area (Å²) >= 11 is 0. The van der Waals surface area contributed by atoms with Gasteiger partial charge < -0.3 is 9.72 Å². The van der Waals surface area contributed by atoms with Crippen molar-refractivity contribution in [2.24, 2.45) is 11.8 Å². The third-order valence-electron chi connectivity index (χ3n) is 4.65. The van der Waals surface area contributed by atoms with Crippen LogP contribution in [0.4, 0.5) is 5.69 Å². The van der Waals surface area contributed by atoms with Crippen LogP contribution in [0.1, 0.15) is 57.6 Å². The number of aromatic nitrogens is 1. The summed E-state index contributed by atoms with van der Waals surface area (Å²) in [6.07, 6.45) is 7.02. The Morgan fingerprint density at radius 1 is 1.38 bits per heavy atom. The molecule has 0 unspecified atom stereocenters. The quantitative estimate of drug-likeness (QED) is 0.486. The lowest BCUT2D eigenvalue weighted by molar-refractivity contribution is -0.387. The molecule has 1 aromatic rings. The number of carbonyl (C=O) groups is 1. The number of rotatable bonds is 6. The second kappa shape index (κ2) is 8.08. The monoisotopic (exact) mass is 336 g/mol. The van der Waals surface area contributed by atoms with Crippen LogP contribution in [0, 0.1) is 28.9 Å². The van der Waals surface area contributed by atoms with Crippen LogP contribution < -0.4 is 10.3 Å². The summed E-state index contributed by atoms with van der Waals surface area (Å²) in [6.45, 7) is 3.75. The van der Waals surface area contributed by atoms with Crippen LogP contribution in [0.25, 0.3) is 0 Å². The molecule has 0 aromatic carbocycles. The Kier molecular flexibility index (Phi) is 6.11. The number of esters is 1. The predicted molar refractivity (Wildman–Crippen MR) is 89.1 cm³/mol. The van der Waals surface area contributed by atoms with Gasteiger partial charge in [0.1, 0.15) is 0 Å². The molecule has 1 aromatic heterocycles. The molecule has 0 radical (unpaired) electrons. The van der Waals surface area contributed by atoms with E-state index in [9.17, 15) is 19.7 Å². The van der Waals surface area contributed by atoms with Crippen LogP contribution in [0.3, 0.4) is 0 Å². The molecule has 1 aliphatic carbocycles. The van der Waals surface area contributed by atoms with Gasteiger partial charge in [-0.15, -0.1) is 0 Å². The maximum absolute atomic E-state index is 12.3. The first-order valence-corrected chi connectivity index (χ1v) is 8.52. The van der Waals surface area contributed by atoms with Gasteiger partial charge >= 0.3 is 17.2 Å². The van der Waals surface area contributed by atoms with Gasteiger partial charge in [-0.3, -0.25) is 19.7 Å². The summed E-state index contributed by atoms with van der Waals surface area (Å²) in [5.74, 6) is -0.330. The fourth-order valence-electron chi connectivity index (χ4n) is 3.27. The van der Waals surface area contributed by atoms with E-state index in [2.05, 4.69) is 11.9 Å². The van der Waals surface area contributed by atoms with E-state index < -0.39 is 22.1 Å². The molecular formula is C17H24N2O5. The Labute approximate surface area is 140 Å². The van der Waals surface area contributed by atoms with E-state index in [1.54, 1.807) is 6.92 Å². The fourth-order valence-corrected chi connectivity index (χ4v) is 3.27. The molecule has 24 heavy (non-hydrogen) atoms. The summed E-state index contributed by atoms with van der Waals surface area (Å²) in [4.78, 5) is 36.6. The zero-order chi connectivity index (χ0) is 17.7. The highest BCUT2D eigenvalue weighted by Crippen LogP contribution is 2.33. The molecule has 132 valence electrons. The summed E-state index contributed by atoms with van der Waals surface area (Å²) in [5, 5.41) is 11.0. The molecule has 0 atom stereocenters. The molecule has 1 N–H and O–H groups in total. The van der Waals surface area contributed by atoms with Crippen molar-refractivity contribution in [3.8, 4) is 5.75 Å². The first-order chi connectivity index (χ1) is 11.4. The van der Waals surface area contributed by atoms with E-state index in [-0.39, 0.29) is 11.7 Å². The Hall–Kier alpha value is -2.18. The summed E-state index contributed by atoms with van der Waals surface area (Å²) in [5.41, 5.74) is -1.16. The number of hydrogen-bond acceptors (Lipinski definition) is 5. The molecule has 7 nitrogen and oxygen atoms in total. The number of unbranched alkanes of at least 4 members (excludes halogenated alkanes) is 1. The third kappa shape index (κ3) is 4.43. The van der Waals surface area contributed by atoms with Crippen LogP contribution in [0.2, 0.25) is 0 Å². The average Bonchev–Trinajstić information content (AvgIpc) is 2.52. The fraction of sp³-hybridized carbons (Fsp3) is 0.647. The number of aromatic amines is 1. The van der Waals surface area contributed by atoms with E-state index in [0.717, 1.165) is 25.7 Å². The van der Waals surface area contributed by atoms with Crippen molar-refractivity contribution in [2.75, 3.05) is 0 Å². The molecule has 7 heteroatoms. The Morgan fingerprint density at radius 2 is 2.04 bits per heavy atom. The number of ether oxygens (including phenoxy) is 1. The summed E-state index contributed by atoms with van der Waals surface area (Å²) in [6, 6.07) is 1.32. The number of aryl methyl sites for hydroxylation is 1. The Balaban J connectivity index is 2.03. The molecule has 1 fully saturated rings. The van der Waals surface area contributed by atoms with Crippen molar-refractivity contribution in [1.29, 1.82) is 0 Å². The van der Waals surface area contributed by atoms with Crippen molar-refractivity contribution in [3.63, 3.8) is 0 Å². The SMILES string of the molecule is CCCCC1CCC(C(=O)Oc2cc(C)[nH]c(=O)c2[N+](=O)[O-])CC1. The van der Waals surface area contributed by atoms with Crippen molar-refractivity contribution >= 4 is 11.7 Å². The first-order valence-electron chi connectivity index (χ1n) is 8.52. The van der Waals surface area contributed by atoms with E-state index in [4.69, 9.17) is 4.74 Å². The van der Waals surface area contributed by atoms with E-state index in [0.29, 0.717) is 11.6 Å². The minimum absolute atomic E-state index is 0.248. The summed E-state index contributed by atoms with van der Waals surface area (Å²) in [7, 11) is 0. The maximum Gasteiger partial charge on any atom is 0.376 e. The number of nitrogens with zero attached hydrogens (tertiary/aromatic N) is 1. The highest BCUT2D eigenvalue weighted by atomic mass is 16.6. The zero-order valence-electron chi connectivity index (χ0n) is 14.2. The van der Waals surface area contributed by atoms with Crippen LogP contribution in [0.15, 0.2) is 10.9 Å². The number of nitrogens with one attached hydrogen (secondary N) is 1. The van der Waals surface area contributed by atoms with Gasteiger partial charge in [0.25, 0.3) is 0 Å². The molecule has 1 heterocycles. The van der Waals surface area contributed by atoms with E-state index in [1.807, 2.05) is 0 Å². The standard InChI is InChI=1S/C17H24N2O5/c1-3-4-5-12-6-8-13(9-7-12)17(21)24-14-10-11(2)18-16(20)15(14)19(22)23/h10,12-13H,3-9H2,1-2H3,(H,18,20). The number of pyridine rings is 1. The number of H-pyrrole nitrogens is 1. The van der Waals surface area contributed by atoms with Crippen LogP contribution in [-0.2, 0) is 4.79 Å². The first kappa shape index (κ1) is 18.2. The Bertz CT molecular complexity index is 659. The minimum Gasteiger partial charge on any atom is -0.419 e. The van der Waals surface area contributed by atoms with Crippen LogP contribution in [-0.4, -0.2) is 15.9 Å². The molecule has 0 spiro atoms. The maximum atomic E-state index is 12.3. The molecule has 2 rings (SSSR count). The van der Waals surface area contributed by atoms with Gasteiger partial charge in [-0.25, -0.2) is 0 Å². The van der Waals surface area contributed by atoms with Crippen molar-refractivity contribution < 1.29 is 14.5 Å². The van der Waals surface area contributed by atoms with Gasteiger partial charge in [0.2, 0.25) is 5.75 Å². The summed E-state index contributed by atoms with van der Waals surface area (Å²) < 4.78 is 5.22. The predicted octanol–water partition coefficient (Wildman–Crippen LogP) is 3.49. The molecule has 0 aliphatic heterocycles. The van der Waals surface area contributed by atoms with Gasteiger partial charge in [0.05, 0.1) is 10.8 Å².